The second kappa shape index (κ2) is 15.2. The molecule has 6 heteroatoms. The van der Waals surface area contributed by atoms with Crippen LogP contribution in [-0.2, 0) is 11.2 Å². The zero-order valence-electron chi connectivity index (χ0n) is 22.0. The van der Waals surface area contributed by atoms with Crippen molar-refractivity contribution in [2.45, 2.75) is 90.6 Å². The summed E-state index contributed by atoms with van der Waals surface area (Å²) in [5.41, 5.74) is 3.66. The monoisotopic (exact) mass is 508 g/mol. The zero-order valence-corrected chi connectivity index (χ0v) is 22.0. The number of esters is 1. The molecular weight excluding hydrogens is 470 g/mol. The smallest absolute Gasteiger partial charge is 0.346 e. The molecule has 3 aromatic rings. The van der Waals surface area contributed by atoms with Crippen LogP contribution in [0.3, 0.4) is 0 Å². The summed E-state index contributed by atoms with van der Waals surface area (Å²) in [5, 5.41) is 0. The van der Waals surface area contributed by atoms with E-state index in [2.05, 4.69) is 41.2 Å². The molecule has 37 heavy (non-hydrogen) atoms. The zero-order chi connectivity index (χ0) is 26.5. The van der Waals surface area contributed by atoms with Crippen molar-refractivity contribution in [3.63, 3.8) is 0 Å². The summed E-state index contributed by atoms with van der Waals surface area (Å²) in [6.45, 7) is 4.23. The van der Waals surface area contributed by atoms with E-state index in [0.29, 0.717) is 17.8 Å². The van der Waals surface area contributed by atoms with Crippen LogP contribution in [0.5, 0.6) is 5.75 Å². The van der Waals surface area contributed by atoms with E-state index in [-0.39, 0.29) is 12.2 Å². The van der Waals surface area contributed by atoms with Crippen LogP contribution in [0.25, 0.3) is 22.5 Å². The Hall–Kier alpha value is -3.15. The van der Waals surface area contributed by atoms with E-state index in [1.807, 2.05) is 6.92 Å². The number of aromatic nitrogens is 2. The third-order valence-corrected chi connectivity index (χ3v) is 6.48. The van der Waals surface area contributed by atoms with Crippen molar-refractivity contribution in [3.8, 4) is 28.3 Å². The number of aryl methyl sites for hydroxylation is 1. The highest BCUT2D eigenvalue weighted by Crippen LogP contribution is 2.26. The van der Waals surface area contributed by atoms with Gasteiger partial charge in [0.05, 0.1) is 0 Å². The third kappa shape index (κ3) is 9.03. The maximum absolute atomic E-state index is 14.6. The number of carbonyl (C=O) groups excluding carboxylic acids is 1. The molecule has 0 bridgehead atoms. The normalized spacial score (nSPS) is 11.9. The summed E-state index contributed by atoms with van der Waals surface area (Å²) >= 11 is 0. The lowest BCUT2D eigenvalue weighted by Gasteiger charge is -2.10. The van der Waals surface area contributed by atoms with E-state index < -0.39 is 18.0 Å². The molecule has 0 spiro atoms. The van der Waals surface area contributed by atoms with Crippen molar-refractivity contribution in [1.29, 1.82) is 0 Å². The van der Waals surface area contributed by atoms with Gasteiger partial charge in [0.15, 0.2) is 23.6 Å². The predicted octanol–water partition coefficient (Wildman–Crippen LogP) is 8.68. The Morgan fingerprint density at radius 3 is 2.11 bits per heavy atom. The van der Waals surface area contributed by atoms with Gasteiger partial charge in [-0.15, -0.1) is 0 Å². The number of benzene rings is 2. The maximum atomic E-state index is 14.6. The Morgan fingerprint density at radius 1 is 0.811 bits per heavy atom. The van der Waals surface area contributed by atoms with Crippen molar-refractivity contribution in [3.05, 3.63) is 66.2 Å². The van der Waals surface area contributed by atoms with E-state index in [9.17, 15) is 13.6 Å². The summed E-state index contributed by atoms with van der Waals surface area (Å²) in [6.07, 6.45) is 12.9. The molecule has 198 valence electrons. The quantitative estimate of drug-likeness (QED) is 0.117. The van der Waals surface area contributed by atoms with E-state index in [1.165, 1.54) is 56.2 Å². The van der Waals surface area contributed by atoms with Crippen LogP contribution >= 0.6 is 0 Å². The molecule has 0 radical (unpaired) electrons. The lowest BCUT2D eigenvalue weighted by Crippen LogP contribution is -2.22. The Kier molecular flexibility index (Phi) is 11.7. The number of ether oxygens (including phenoxy) is 1. The first-order valence-corrected chi connectivity index (χ1v) is 13.6. The Balaban J connectivity index is 1.55. The van der Waals surface area contributed by atoms with Gasteiger partial charge in [-0.05, 0) is 55.0 Å². The number of alkyl halides is 1. The second-order valence-corrected chi connectivity index (χ2v) is 9.54. The molecule has 0 N–H and O–H groups in total. The van der Waals surface area contributed by atoms with Gasteiger partial charge in [0, 0.05) is 23.5 Å². The highest BCUT2D eigenvalue weighted by molar-refractivity contribution is 5.77. The van der Waals surface area contributed by atoms with E-state index in [1.54, 1.807) is 18.5 Å². The lowest BCUT2D eigenvalue weighted by molar-refractivity contribution is -0.140. The molecule has 0 amide bonds. The number of unbranched alkanes of at least 4 members (excludes halogenated alkanes) is 7. The van der Waals surface area contributed by atoms with Crippen molar-refractivity contribution >= 4 is 5.97 Å². The van der Waals surface area contributed by atoms with Crippen LogP contribution in [0, 0.1) is 5.82 Å². The summed E-state index contributed by atoms with van der Waals surface area (Å²) in [7, 11) is 0. The van der Waals surface area contributed by atoms with Crippen LogP contribution < -0.4 is 4.74 Å². The van der Waals surface area contributed by atoms with Gasteiger partial charge in [0.2, 0.25) is 0 Å². The SMILES string of the molecule is CCCCCCCCc1ccc(-c2cnc(-c3ccc(OC(=O)C(F)CCCCC)c(F)c3)nc2)cc1. The van der Waals surface area contributed by atoms with Crippen LogP contribution in [-0.4, -0.2) is 22.1 Å². The molecular formula is C31H38F2N2O2. The van der Waals surface area contributed by atoms with Gasteiger partial charge in [-0.1, -0.05) is 83.1 Å². The standard InChI is InChI=1S/C31H38F2N2O2/c1-3-5-7-8-9-11-12-23-14-16-24(17-15-23)26-21-34-30(35-22-26)25-18-19-29(28(33)20-25)37-31(36)27(32)13-10-6-4-2/h14-22,27H,3-13H2,1-2H3. The second-order valence-electron chi connectivity index (χ2n) is 9.54. The van der Waals surface area contributed by atoms with Crippen molar-refractivity contribution in [2.24, 2.45) is 0 Å². The number of hydrogen-bond acceptors (Lipinski definition) is 4. The molecule has 1 atom stereocenters. The van der Waals surface area contributed by atoms with E-state index in [0.717, 1.165) is 30.4 Å². The van der Waals surface area contributed by atoms with Crippen LogP contribution in [0.15, 0.2) is 54.9 Å². The molecule has 4 nitrogen and oxygen atoms in total. The molecule has 0 saturated carbocycles. The first kappa shape index (κ1) is 28.4. The summed E-state index contributed by atoms with van der Waals surface area (Å²) in [6, 6.07) is 12.5. The molecule has 0 saturated heterocycles. The number of hydrogen-bond donors (Lipinski definition) is 0. The molecule has 2 aromatic carbocycles. The van der Waals surface area contributed by atoms with Crippen LogP contribution in [0.4, 0.5) is 8.78 Å². The number of nitrogens with zero attached hydrogens (tertiary/aromatic N) is 2. The molecule has 1 unspecified atom stereocenters. The lowest BCUT2D eigenvalue weighted by atomic mass is 10.0. The third-order valence-electron chi connectivity index (χ3n) is 6.48. The van der Waals surface area contributed by atoms with Crippen molar-refractivity contribution in [1.82, 2.24) is 9.97 Å². The minimum absolute atomic E-state index is 0.0778. The van der Waals surface area contributed by atoms with Crippen LogP contribution in [0.2, 0.25) is 0 Å². The molecule has 0 aliphatic rings. The Labute approximate surface area is 219 Å². The molecule has 0 aliphatic heterocycles. The Morgan fingerprint density at radius 2 is 1.43 bits per heavy atom. The van der Waals surface area contributed by atoms with Gasteiger partial charge >= 0.3 is 5.97 Å². The van der Waals surface area contributed by atoms with Crippen LogP contribution in [0.1, 0.15) is 83.6 Å². The van der Waals surface area contributed by atoms with Crippen molar-refractivity contribution in [2.75, 3.05) is 0 Å². The fraction of sp³-hybridized carbons (Fsp3) is 0.452. The molecule has 3 rings (SSSR count). The predicted molar refractivity (Wildman–Crippen MR) is 145 cm³/mol. The van der Waals surface area contributed by atoms with E-state index >= 15 is 0 Å². The maximum Gasteiger partial charge on any atom is 0.346 e. The average molecular weight is 509 g/mol. The average Bonchev–Trinajstić information content (AvgIpc) is 2.92. The summed E-state index contributed by atoms with van der Waals surface area (Å²) in [4.78, 5) is 20.7. The fourth-order valence-electron chi connectivity index (χ4n) is 4.19. The fourth-order valence-corrected chi connectivity index (χ4v) is 4.19. The van der Waals surface area contributed by atoms with Gasteiger partial charge in [0.1, 0.15) is 0 Å². The van der Waals surface area contributed by atoms with Gasteiger partial charge in [0.25, 0.3) is 0 Å². The Bertz CT molecular complexity index is 1100. The molecule has 0 fully saturated rings. The first-order chi connectivity index (χ1) is 18.0. The highest BCUT2D eigenvalue weighted by atomic mass is 19.1. The molecule has 1 aromatic heterocycles. The highest BCUT2D eigenvalue weighted by Gasteiger charge is 2.21. The largest absolute Gasteiger partial charge is 0.421 e. The minimum Gasteiger partial charge on any atom is -0.421 e. The van der Waals surface area contributed by atoms with Gasteiger partial charge < -0.3 is 4.74 Å². The topological polar surface area (TPSA) is 52.1 Å². The number of rotatable bonds is 15. The van der Waals surface area contributed by atoms with Crippen molar-refractivity contribution < 1.29 is 18.3 Å². The van der Waals surface area contributed by atoms with Gasteiger partial charge in [-0.25, -0.2) is 23.5 Å². The summed E-state index contributed by atoms with van der Waals surface area (Å²) in [5.74, 6) is -1.78. The van der Waals surface area contributed by atoms with Gasteiger partial charge in [-0.3, -0.25) is 0 Å². The number of halogens is 2. The molecule has 0 aliphatic carbocycles. The number of carbonyl (C=O) groups is 1. The summed E-state index contributed by atoms with van der Waals surface area (Å²) < 4.78 is 33.5. The minimum atomic E-state index is -1.76. The molecule has 1 heterocycles. The first-order valence-electron chi connectivity index (χ1n) is 13.6. The van der Waals surface area contributed by atoms with E-state index in [4.69, 9.17) is 4.74 Å². The van der Waals surface area contributed by atoms with Gasteiger partial charge in [-0.2, -0.15) is 0 Å².